The SMILES string of the molecule is Cl.c1cncc(Cc2noc(CCC3CCNC3)n2)c1. The van der Waals surface area contributed by atoms with Crippen LogP contribution in [0, 0.1) is 5.92 Å². The third-order valence-electron chi connectivity index (χ3n) is 3.52. The fourth-order valence-corrected chi connectivity index (χ4v) is 2.44. The number of nitrogens with one attached hydrogen (secondary N) is 1. The Balaban J connectivity index is 0.00000147. The number of rotatable bonds is 5. The van der Waals surface area contributed by atoms with Crippen molar-refractivity contribution in [2.75, 3.05) is 13.1 Å². The van der Waals surface area contributed by atoms with Gasteiger partial charge in [-0.1, -0.05) is 11.2 Å². The maximum atomic E-state index is 5.29. The smallest absolute Gasteiger partial charge is 0.226 e. The molecule has 1 aliphatic heterocycles. The van der Waals surface area contributed by atoms with E-state index >= 15 is 0 Å². The maximum Gasteiger partial charge on any atom is 0.226 e. The normalized spacial score (nSPS) is 17.9. The molecule has 1 saturated heterocycles. The second kappa shape index (κ2) is 7.36. The highest BCUT2D eigenvalue weighted by atomic mass is 35.5. The molecule has 1 N–H and O–H groups in total. The summed E-state index contributed by atoms with van der Waals surface area (Å²) in [6, 6.07) is 3.94. The van der Waals surface area contributed by atoms with Crippen molar-refractivity contribution in [2.45, 2.75) is 25.7 Å². The Morgan fingerprint density at radius 3 is 3.10 bits per heavy atom. The first kappa shape index (κ1) is 14.9. The molecule has 2 aromatic rings. The molecule has 0 amide bonds. The average Bonchev–Trinajstić information content (AvgIpc) is 3.09. The van der Waals surface area contributed by atoms with Crippen molar-refractivity contribution in [1.82, 2.24) is 20.4 Å². The molecule has 0 saturated carbocycles. The van der Waals surface area contributed by atoms with Crippen molar-refractivity contribution >= 4 is 12.4 Å². The summed E-state index contributed by atoms with van der Waals surface area (Å²) in [7, 11) is 0. The first-order valence-corrected chi connectivity index (χ1v) is 6.81. The van der Waals surface area contributed by atoms with Crippen LogP contribution in [0.3, 0.4) is 0 Å². The zero-order valence-corrected chi connectivity index (χ0v) is 12.1. The molecule has 5 nitrogen and oxygen atoms in total. The summed E-state index contributed by atoms with van der Waals surface area (Å²) in [5.74, 6) is 2.26. The van der Waals surface area contributed by atoms with Crippen LogP contribution in [0.25, 0.3) is 0 Å². The Bertz CT molecular complexity index is 511. The second-order valence-electron chi connectivity index (χ2n) is 5.04. The fourth-order valence-electron chi connectivity index (χ4n) is 2.44. The molecule has 108 valence electrons. The minimum absolute atomic E-state index is 0. The van der Waals surface area contributed by atoms with E-state index in [-0.39, 0.29) is 12.4 Å². The summed E-state index contributed by atoms with van der Waals surface area (Å²) in [6.45, 7) is 2.26. The zero-order chi connectivity index (χ0) is 12.9. The lowest BCUT2D eigenvalue weighted by Crippen LogP contribution is -2.09. The van der Waals surface area contributed by atoms with Crippen LogP contribution in [0.4, 0.5) is 0 Å². The van der Waals surface area contributed by atoms with Crippen molar-refractivity contribution in [3.05, 3.63) is 41.8 Å². The number of aryl methyl sites for hydroxylation is 1. The van der Waals surface area contributed by atoms with Crippen LogP contribution in [0.15, 0.2) is 29.0 Å². The first-order chi connectivity index (χ1) is 9.40. The molecule has 0 bridgehead atoms. The topological polar surface area (TPSA) is 63.8 Å². The minimum Gasteiger partial charge on any atom is -0.339 e. The zero-order valence-electron chi connectivity index (χ0n) is 11.3. The number of aromatic nitrogens is 3. The molecule has 1 atom stereocenters. The highest BCUT2D eigenvalue weighted by molar-refractivity contribution is 5.85. The van der Waals surface area contributed by atoms with Gasteiger partial charge in [0.2, 0.25) is 5.89 Å². The van der Waals surface area contributed by atoms with E-state index in [0.29, 0.717) is 6.42 Å². The largest absolute Gasteiger partial charge is 0.339 e. The Kier molecular flexibility index (Phi) is 5.49. The average molecular weight is 295 g/mol. The molecule has 1 unspecified atom stereocenters. The summed E-state index contributed by atoms with van der Waals surface area (Å²) in [5, 5.41) is 7.40. The van der Waals surface area contributed by atoms with Gasteiger partial charge in [0.15, 0.2) is 5.82 Å². The highest BCUT2D eigenvalue weighted by Crippen LogP contribution is 2.15. The monoisotopic (exact) mass is 294 g/mol. The third kappa shape index (κ3) is 4.02. The van der Waals surface area contributed by atoms with E-state index < -0.39 is 0 Å². The van der Waals surface area contributed by atoms with E-state index in [1.165, 1.54) is 6.42 Å². The lowest BCUT2D eigenvalue weighted by Gasteiger charge is -2.03. The van der Waals surface area contributed by atoms with Crippen LogP contribution in [0.1, 0.15) is 30.1 Å². The lowest BCUT2D eigenvalue weighted by atomic mass is 10.0. The van der Waals surface area contributed by atoms with E-state index in [2.05, 4.69) is 20.4 Å². The van der Waals surface area contributed by atoms with Crippen molar-refractivity contribution in [2.24, 2.45) is 5.92 Å². The van der Waals surface area contributed by atoms with Crippen molar-refractivity contribution in [3.63, 3.8) is 0 Å². The van der Waals surface area contributed by atoms with Gasteiger partial charge in [0, 0.05) is 25.2 Å². The Labute approximate surface area is 124 Å². The van der Waals surface area contributed by atoms with Crippen LogP contribution >= 0.6 is 12.4 Å². The van der Waals surface area contributed by atoms with Crippen molar-refractivity contribution in [3.8, 4) is 0 Å². The first-order valence-electron chi connectivity index (χ1n) is 6.81. The summed E-state index contributed by atoms with van der Waals surface area (Å²) in [6.07, 6.45) is 7.55. The molecule has 0 aliphatic carbocycles. The van der Waals surface area contributed by atoms with Gasteiger partial charge in [0.25, 0.3) is 0 Å². The predicted molar refractivity (Wildman–Crippen MR) is 77.9 cm³/mol. The van der Waals surface area contributed by atoms with E-state index in [9.17, 15) is 0 Å². The molecule has 3 heterocycles. The van der Waals surface area contributed by atoms with E-state index in [1.807, 2.05) is 18.3 Å². The molecule has 0 spiro atoms. The molecule has 1 aliphatic rings. The summed E-state index contributed by atoms with van der Waals surface area (Å²) >= 11 is 0. The van der Waals surface area contributed by atoms with Gasteiger partial charge < -0.3 is 9.84 Å². The summed E-state index contributed by atoms with van der Waals surface area (Å²) in [4.78, 5) is 8.52. The van der Waals surface area contributed by atoms with Gasteiger partial charge in [-0.05, 0) is 43.5 Å². The molecule has 6 heteroatoms. The van der Waals surface area contributed by atoms with Gasteiger partial charge in [-0.2, -0.15) is 4.98 Å². The predicted octanol–water partition coefficient (Wildman–Crippen LogP) is 2.02. The number of nitrogens with zero attached hydrogens (tertiary/aromatic N) is 3. The summed E-state index contributed by atoms with van der Waals surface area (Å²) in [5.41, 5.74) is 1.11. The van der Waals surface area contributed by atoms with Crippen molar-refractivity contribution in [1.29, 1.82) is 0 Å². The van der Waals surface area contributed by atoms with Crippen LogP contribution in [-0.2, 0) is 12.8 Å². The van der Waals surface area contributed by atoms with E-state index in [0.717, 1.165) is 49.1 Å². The molecule has 3 rings (SSSR count). The maximum absolute atomic E-state index is 5.29. The van der Waals surface area contributed by atoms with Crippen LogP contribution in [0.2, 0.25) is 0 Å². The summed E-state index contributed by atoms with van der Waals surface area (Å²) < 4.78 is 5.29. The van der Waals surface area contributed by atoms with E-state index in [1.54, 1.807) is 6.20 Å². The standard InChI is InChI=1S/C14H18N4O.ClH/c1-2-12(10-15-6-1)8-13-17-14(19-18-13)4-3-11-5-7-16-9-11;/h1-2,6,10-11,16H,3-5,7-9H2;1H. The minimum atomic E-state index is 0. The molecule has 0 radical (unpaired) electrons. The number of pyridine rings is 1. The molecule has 2 aromatic heterocycles. The quantitative estimate of drug-likeness (QED) is 0.914. The van der Waals surface area contributed by atoms with Crippen LogP contribution < -0.4 is 5.32 Å². The van der Waals surface area contributed by atoms with Gasteiger partial charge >= 0.3 is 0 Å². The van der Waals surface area contributed by atoms with Gasteiger partial charge in [-0.15, -0.1) is 12.4 Å². The van der Waals surface area contributed by atoms with Crippen LogP contribution in [-0.4, -0.2) is 28.2 Å². The Hall–Kier alpha value is -1.46. The lowest BCUT2D eigenvalue weighted by molar-refractivity contribution is 0.361. The van der Waals surface area contributed by atoms with Crippen molar-refractivity contribution < 1.29 is 4.52 Å². The molecule has 1 fully saturated rings. The Morgan fingerprint density at radius 1 is 1.40 bits per heavy atom. The van der Waals surface area contributed by atoms with Crippen LogP contribution in [0.5, 0.6) is 0 Å². The van der Waals surface area contributed by atoms with Gasteiger partial charge in [-0.3, -0.25) is 4.98 Å². The van der Waals surface area contributed by atoms with Gasteiger partial charge in [-0.25, -0.2) is 0 Å². The van der Waals surface area contributed by atoms with Gasteiger partial charge in [0.1, 0.15) is 0 Å². The number of halogens is 1. The second-order valence-corrected chi connectivity index (χ2v) is 5.04. The molecule has 20 heavy (non-hydrogen) atoms. The third-order valence-corrected chi connectivity index (χ3v) is 3.52. The number of hydrogen-bond acceptors (Lipinski definition) is 5. The fraction of sp³-hybridized carbons (Fsp3) is 0.500. The number of hydrogen-bond donors (Lipinski definition) is 1. The highest BCUT2D eigenvalue weighted by Gasteiger charge is 2.16. The van der Waals surface area contributed by atoms with E-state index in [4.69, 9.17) is 4.52 Å². The molecular formula is C14H19ClN4O. The Morgan fingerprint density at radius 2 is 2.35 bits per heavy atom. The molecular weight excluding hydrogens is 276 g/mol. The molecule has 0 aromatic carbocycles. The van der Waals surface area contributed by atoms with Gasteiger partial charge in [0.05, 0.1) is 0 Å².